The topological polar surface area (TPSA) is 67.4 Å². The highest BCUT2D eigenvalue weighted by molar-refractivity contribution is 5.96. The standard InChI is InChI=1S/C13H12F6N2O3/c1-6(10(22)21-11(23)20-2)24-9-4-7(12(14,15)16)3-8(5-9)13(17,18)19/h3-6H,1-2H3,(H2,20,21,22,23). The van der Waals surface area contributed by atoms with Gasteiger partial charge in [-0.3, -0.25) is 10.1 Å². The molecule has 3 amide bonds. The maximum absolute atomic E-state index is 12.7. The summed E-state index contributed by atoms with van der Waals surface area (Å²) >= 11 is 0. The lowest BCUT2D eigenvalue weighted by Gasteiger charge is -2.17. The molecule has 0 saturated carbocycles. The van der Waals surface area contributed by atoms with Crippen LogP contribution in [0.5, 0.6) is 5.75 Å². The summed E-state index contributed by atoms with van der Waals surface area (Å²) in [7, 11) is 1.20. The van der Waals surface area contributed by atoms with E-state index in [0.717, 1.165) is 6.92 Å². The molecule has 134 valence electrons. The molecule has 1 aromatic rings. The third kappa shape index (κ3) is 5.32. The van der Waals surface area contributed by atoms with Crippen LogP contribution in [0.1, 0.15) is 18.1 Å². The fourth-order valence-electron chi connectivity index (χ4n) is 1.53. The highest BCUT2D eigenvalue weighted by Crippen LogP contribution is 2.38. The molecule has 0 aliphatic rings. The second-order valence-corrected chi connectivity index (χ2v) is 4.57. The Kier molecular flexibility index (Phi) is 5.69. The van der Waals surface area contributed by atoms with E-state index in [0.29, 0.717) is 12.1 Å². The summed E-state index contributed by atoms with van der Waals surface area (Å²) in [5.74, 6) is -1.85. The van der Waals surface area contributed by atoms with Crippen molar-refractivity contribution in [1.82, 2.24) is 10.6 Å². The third-order valence-corrected chi connectivity index (χ3v) is 2.71. The van der Waals surface area contributed by atoms with Gasteiger partial charge in [-0.1, -0.05) is 0 Å². The number of urea groups is 1. The molecule has 0 aliphatic carbocycles. The Hall–Kier alpha value is -2.46. The van der Waals surface area contributed by atoms with Crippen molar-refractivity contribution < 1.29 is 40.7 Å². The maximum atomic E-state index is 12.7. The molecule has 0 heterocycles. The van der Waals surface area contributed by atoms with E-state index in [4.69, 9.17) is 4.74 Å². The van der Waals surface area contributed by atoms with Gasteiger partial charge in [-0.25, -0.2) is 4.79 Å². The number of rotatable bonds is 3. The molecule has 11 heteroatoms. The van der Waals surface area contributed by atoms with Crippen LogP contribution in [0.3, 0.4) is 0 Å². The molecule has 0 radical (unpaired) electrons. The molecule has 0 aliphatic heterocycles. The summed E-state index contributed by atoms with van der Waals surface area (Å²) < 4.78 is 81.0. The molecule has 1 rings (SSSR count). The van der Waals surface area contributed by atoms with Crippen molar-refractivity contribution in [2.24, 2.45) is 0 Å². The van der Waals surface area contributed by atoms with Gasteiger partial charge in [-0.05, 0) is 25.1 Å². The van der Waals surface area contributed by atoms with Gasteiger partial charge in [-0.2, -0.15) is 26.3 Å². The predicted molar refractivity (Wildman–Crippen MR) is 69.1 cm³/mol. The van der Waals surface area contributed by atoms with Gasteiger partial charge < -0.3 is 10.1 Å². The Morgan fingerprint density at radius 1 is 1.00 bits per heavy atom. The largest absolute Gasteiger partial charge is 0.481 e. The zero-order valence-electron chi connectivity index (χ0n) is 12.3. The average Bonchev–Trinajstić information content (AvgIpc) is 2.44. The minimum Gasteiger partial charge on any atom is -0.481 e. The van der Waals surface area contributed by atoms with Gasteiger partial charge in [0.25, 0.3) is 5.91 Å². The summed E-state index contributed by atoms with van der Waals surface area (Å²) in [4.78, 5) is 22.5. The molecule has 0 spiro atoms. The Bertz CT molecular complexity index is 595. The van der Waals surface area contributed by atoms with Crippen LogP contribution in [-0.2, 0) is 17.1 Å². The Balaban J connectivity index is 3.10. The molecule has 1 unspecified atom stereocenters. The Morgan fingerprint density at radius 2 is 1.46 bits per heavy atom. The minimum atomic E-state index is -5.03. The van der Waals surface area contributed by atoms with E-state index in [-0.39, 0.29) is 6.07 Å². The van der Waals surface area contributed by atoms with Gasteiger partial charge in [0.2, 0.25) is 0 Å². The number of imide groups is 1. The fourth-order valence-corrected chi connectivity index (χ4v) is 1.53. The monoisotopic (exact) mass is 358 g/mol. The minimum absolute atomic E-state index is 0.0673. The lowest BCUT2D eigenvalue weighted by atomic mass is 10.1. The maximum Gasteiger partial charge on any atom is 0.416 e. The third-order valence-electron chi connectivity index (χ3n) is 2.71. The molecular formula is C13H12F6N2O3. The molecule has 24 heavy (non-hydrogen) atoms. The smallest absolute Gasteiger partial charge is 0.416 e. The van der Waals surface area contributed by atoms with E-state index in [1.165, 1.54) is 7.05 Å². The summed E-state index contributed by atoms with van der Waals surface area (Å²) in [6, 6.07) is -0.310. The second kappa shape index (κ2) is 6.97. The molecule has 5 nitrogen and oxygen atoms in total. The Labute approximate surface area is 132 Å². The van der Waals surface area contributed by atoms with E-state index < -0.39 is 47.3 Å². The number of halogens is 6. The van der Waals surface area contributed by atoms with Gasteiger partial charge in [-0.15, -0.1) is 0 Å². The normalized spacial score (nSPS) is 13.2. The number of carbonyl (C=O) groups excluding carboxylic acids is 2. The first-order valence-corrected chi connectivity index (χ1v) is 6.33. The number of hydrogen-bond donors (Lipinski definition) is 2. The van der Waals surface area contributed by atoms with Crippen LogP contribution in [0, 0.1) is 0 Å². The fraction of sp³-hybridized carbons (Fsp3) is 0.385. The van der Waals surface area contributed by atoms with E-state index in [1.807, 2.05) is 5.32 Å². The van der Waals surface area contributed by atoms with Gasteiger partial charge in [0.1, 0.15) is 5.75 Å². The average molecular weight is 358 g/mol. The summed E-state index contributed by atoms with van der Waals surface area (Å²) in [5.41, 5.74) is -3.16. The zero-order chi connectivity index (χ0) is 18.7. The van der Waals surface area contributed by atoms with E-state index >= 15 is 0 Å². The molecule has 1 aromatic carbocycles. The van der Waals surface area contributed by atoms with Crippen molar-refractivity contribution in [3.63, 3.8) is 0 Å². The SMILES string of the molecule is CNC(=O)NC(=O)C(C)Oc1cc(C(F)(F)F)cc(C(F)(F)F)c1. The first-order valence-electron chi connectivity index (χ1n) is 6.33. The molecule has 2 N–H and O–H groups in total. The van der Waals surface area contributed by atoms with Gasteiger partial charge in [0.05, 0.1) is 11.1 Å². The van der Waals surface area contributed by atoms with Crippen molar-refractivity contribution in [3.05, 3.63) is 29.3 Å². The van der Waals surface area contributed by atoms with Crippen LogP contribution in [-0.4, -0.2) is 25.1 Å². The number of carbonyl (C=O) groups is 2. The van der Waals surface area contributed by atoms with Crippen LogP contribution in [0.15, 0.2) is 18.2 Å². The molecule has 1 atom stereocenters. The lowest BCUT2D eigenvalue weighted by Crippen LogP contribution is -2.44. The van der Waals surface area contributed by atoms with Gasteiger partial charge in [0.15, 0.2) is 6.10 Å². The van der Waals surface area contributed by atoms with Gasteiger partial charge >= 0.3 is 18.4 Å². The summed E-state index contributed by atoms with van der Waals surface area (Å²) in [6.07, 6.45) is -11.6. The lowest BCUT2D eigenvalue weighted by molar-refractivity contribution is -0.143. The number of alkyl halides is 6. The van der Waals surface area contributed by atoms with Gasteiger partial charge in [0, 0.05) is 7.05 Å². The summed E-state index contributed by atoms with van der Waals surface area (Å²) in [5, 5.41) is 3.83. The van der Waals surface area contributed by atoms with Crippen LogP contribution in [0.4, 0.5) is 31.1 Å². The van der Waals surface area contributed by atoms with Crippen LogP contribution < -0.4 is 15.4 Å². The molecule has 0 fully saturated rings. The van der Waals surface area contributed by atoms with Crippen LogP contribution >= 0.6 is 0 Å². The highest BCUT2D eigenvalue weighted by atomic mass is 19.4. The van der Waals surface area contributed by atoms with Crippen LogP contribution in [0.25, 0.3) is 0 Å². The van der Waals surface area contributed by atoms with Crippen molar-refractivity contribution in [2.75, 3.05) is 7.05 Å². The number of ether oxygens (including phenoxy) is 1. The molecule has 0 aromatic heterocycles. The number of benzene rings is 1. The molecule has 0 bridgehead atoms. The predicted octanol–water partition coefficient (Wildman–Crippen LogP) is 2.95. The van der Waals surface area contributed by atoms with Crippen LogP contribution in [0.2, 0.25) is 0 Å². The van der Waals surface area contributed by atoms with Crippen molar-refractivity contribution in [2.45, 2.75) is 25.4 Å². The molecule has 0 saturated heterocycles. The van der Waals surface area contributed by atoms with Crippen molar-refractivity contribution >= 4 is 11.9 Å². The molecular weight excluding hydrogens is 346 g/mol. The first-order chi connectivity index (χ1) is 10.8. The number of nitrogens with one attached hydrogen (secondary N) is 2. The quantitative estimate of drug-likeness (QED) is 0.817. The number of amides is 3. The van der Waals surface area contributed by atoms with Crippen molar-refractivity contribution in [1.29, 1.82) is 0 Å². The van der Waals surface area contributed by atoms with E-state index in [2.05, 4.69) is 0 Å². The Morgan fingerprint density at radius 3 is 1.83 bits per heavy atom. The zero-order valence-corrected chi connectivity index (χ0v) is 12.3. The summed E-state index contributed by atoms with van der Waals surface area (Å²) in [6.45, 7) is 1.06. The number of hydrogen-bond acceptors (Lipinski definition) is 3. The van der Waals surface area contributed by atoms with E-state index in [9.17, 15) is 35.9 Å². The second-order valence-electron chi connectivity index (χ2n) is 4.57. The first kappa shape index (κ1) is 19.6. The van der Waals surface area contributed by atoms with E-state index in [1.54, 1.807) is 5.32 Å². The van der Waals surface area contributed by atoms with Crippen molar-refractivity contribution in [3.8, 4) is 5.75 Å². The highest BCUT2D eigenvalue weighted by Gasteiger charge is 2.37.